The number of rotatable bonds is 4. The van der Waals surface area contributed by atoms with Gasteiger partial charge in [-0.3, -0.25) is 9.69 Å². The molecule has 0 radical (unpaired) electrons. The Bertz CT molecular complexity index is 788. The molecule has 2 aliphatic heterocycles. The zero-order valence-corrected chi connectivity index (χ0v) is 14.2. The summed E-state index contributed by atoms with van der Waals surface area (Å²) in [4.78, 5) is 35.1. The maximum atomic E-state index is 12.8. The summed E-state index contributed by atoms with van der Waals surface area (Å²) < 4.78 is 2.10. The van der Waals surface area contributed by atoms with Crippen molar-refractivity contribution < 1.29 is 9.59 Å². The molecule has 1 atom stereocenters. The smallest absolute Gasteiger partial charge is 0.332 e. The molecule has 2 saturated heterocycles. The number of benzene rings is 1. The third-order valence-corrected chi connectivity index (χ3v) is 4.93. The number of hydrogen-bond donors (Lipinski definition) is 0. The van der Waals surface area contributed by atoms with Crippen LogP contribution in [-0.4, -0.2) is 57.0 Å². The van der Waals surface area contributed by atoms with Gasteiger partial charge in [0.25, 0.3) is 5.91 Å². The number of aromatic nitrogens is 2. The lowest BCUT2D eigenvalue weighted by Crippen LogP contribution is -2.52. The largest absolute Gasteiger partial charge is 0.334 e. The normalized spacial score (nSPS) is 21.1. The van der Waals surface area contributed by atoms with E-state index in [2.05, 4.69) is 21.4 Å². The van der Waals surface area contributed by atoms with Crippen LogP contribution in [0.4, 0.5) is 10.5 Å². The van der Waals surface area contributed by atoms with Crippen molar-refractivity contribution in [1.29, 1.82) is 0 Å². The fraction of sp³-hybridized carbons (Fsp3) is 0.389. The molecule has 2 aromatic rings. The van der Waals surface area contributed by atoms with Crippen LogP contribution < -0.4 is 4.90 Å². The minimum absolute atomic E-state index is 0.139. The van der Waals surface area contributed by atoms with Crippen LogP contribution in [0.2, 0.25) is 0 Å². The summed E-state index contributed by atoms with van der Waals surface area (Å²) in [7, 11) is 0. The second kappa shape index (κ2) is 6.33. The molecule has 130 valence electrons. The van der Waals surface area contributed by atoms with Gasteiger partial charge in [-0.1, -0.05) is 18.2 Å². The van der Waals surface area contributed by atoms with Crippen molar-refractivity contribution in [3.63, 3.8) is 0 Å². The second-order valence-corrected chi connectivity index (χ2v) is 6.37. The van der Waals surface area contributed by atoms with E-state index in [1.54, 1.807) is 23.2 Å². The number of imide groups is 1. The Balaban J connectivity index is 1.51. The maximum Gasteiger partial charge on any atom is 0.332 e. The number of imidazole rings is 1. The molecule has 1 aromatic carbocycles. The number of piperazine rings is 1. The van der Waals surface area contributed by atoms with Gasteiger partial charge < -0.3 is 9.47 Å². The molecule has 3 amide bonds. The number of carbonyl (C=O) groups is 2. The van der Waals surface area contributed by atoms with Crippen molar-refractivity contribution in [3.8, 4) is 0 Å². The number of fused-ring (bicyclic) bond motifs is 1. The quantitative estimate of drug-likeness (QED) is 0.793. The number of carbonyl (C=O) groups excluding carboxylic acids is 2. The Morgan fingerprint density at radius 2 is 1.96 bits per heavy atom. The summed E-state index contributed by atoms with van der Waals surface area (Å²) in [6.45, 7) is 5.50. The van der Waals surface area contributed by atoms with Crippen molar-refractivity contribution in [2.24, 2.45) is 0 Å². The molecule has 1 aromatic heterocycles. The fourth-order valence-electron chi connectivity index (χ4n) is 3.59. The number of amides is 3. The molecule has 1 unspecified atom stereocenters. The highest BCUT2D eigenvalue weighted by Crippen LogP contribution is 2.27. The van der Waals surface area contributed by atoms with E-state index < -0.39 is 6.04 Å². The van der Waals surface area contributed by atoms with Gasteiger partial charge >= 0.3 is 6.03 Å². The predicted molar refractivity (Wildman–Crippen MR) is 93.0 cm³/mol. The first-order valence-corrected chi connectivity index (χ1v) is 8.61. The van der Waals surface area contributed by atoms with Crippen LogP contribution in [0, 0.1) is 0 Å². The van der Waals surface area contributed by atoms with Crippen LogP contribution in [0.3, 0.4) is 0 Å². The van der Waals surface area contributed by atoms with Crippen molar-refractivity contribution in [2.75, 3.05) is 24.5 Å². The first-order chi connectivity index (χ1) is 12.2. The molecule has 0 N–H and O–H groups in total. The van der Waals surface area contributed by atoms with Crippen molar-refractivity contribution in [1.82, 2.24) is 19.4 Å². The van der Waals surface area contributed by atoms with Gasteiger partial charge in [0, 0.05) is 38.6 Å². The third kappa shape index (κ3) is 2.70. The van der Waals surface area contributed by atoms with E-state index in [0.29, 0.717) is 25.3 Å². The van der Waals surface area contributed by atoms with Crippen molar-refractivity contribution >= 4 is 17.6 Å². The van der Waals surface area contributed by atoms with E-state index in [-0.39, 0.29) is 11.9 Å². The molecule has 0 aliphatic carbocycles. The Morgan fingerprint density at radius 1 is 1.16 bits per heavy atom. The lowest BCUT2D eigenvalue weighted by Gasteiger charge is -2.35. The van der Waals surface area contributed by atoms with Crippen LogP contribution in [0.1, 0.15) is 12.7 Å². The molecule has 3 heterocycles. The van der Waals surface area contributed by atoms with E-state index >= 15 is 0 Å². The molecule has 0 saturated carbocycles. The second-order valence-electron chi connectivity index (χ2n) is 6.37. The summed E-state index contributed by atoms with van der Waals surface area (Å²) >= 11 is 0. The van der Waals surface area contributed by atoms with Crippen molar-refractivity contribution in [2.45, 2.75) is 26.1 Å². The average molecular weight is 339 g/mol. The summed E-state index contributed by atoms with van der Waals surface area (Å²) in [5.41, 5.74) is 0.639. The van der Waals surface area contributed by atoms with Crippen LogP contribution >= 0.6 is 0 Å². The molecular weight excluding hydrogens is 318 g/mol. The number of nitrogens with zero attached hydrogens (tertiary/aromatic N) is 5. The molecule has 4 rings (SSSR count). The summed E-state index contributed by atoms with van der Waals surface area (Å²) in [5.74, 6) is 0.854. The van der Waals surface area contributed by atoms with E-state index in [1.807, 2.05) is 24.4 Å². The SMILES string of the molecule is CCn1ccnc1CN1CCN2C(=O)N(c3ccccc3)C(=O)C2C1. The third-order valence-electron chi connectivity index (χ3n) is 4.93. The minimum Gasteiger partial charge on any atom is -0.334 e. The van der Waals surface area contributed by atoms with Gasteiger partial charge in [-0.15, -0.1) is 0 Å². The molecule has 2 aliphatic rings. The van der Waals surface area contributed by atoms with Crippen LogP contribution in [0.15, 0.2) is 42.7 Å². The van der Waals surface area contributed by atoms with Gasteiger partial charge in [-0.25, -0.2) is 14.7 Å². The van der Waals surface area contributed by atoms with E-state index in [9.17, 15) is 9.59 Å². The first kappa shape index (κ1) is 15.8. The standard InChI is InChI=1S/C18H21N5O2/c1-2-21-9-8-19-16(21)13-20-10-11-22-15(12-20)17(24)23(18(22)25)14-6-4-3-5-7-14/h3-9,15H,2,10-13H2,1H3. The van der Waals surface area contributed by atoms with E-state index in [4.69, 9.17) is 0 Å². The lowest BCUT2D eigenvalue weighted by molar-refractivity contribution is -0.121. The number of hydrogen-bond acceptors (Lipinski definition) is 4. The van der Waals surface area contributed by atoms with Gasteiger partial charge in [0.15, 0.2) is 0 Å². The zero-order chi connectivity index (χ0) is 17.4. The Morgan fingerprint density at radius 3 is 2.72 bits per heavy atom. The Kier molecular flexibility index (Phi) is 4.01. The highest BCUT2D eigenvalue weighted by molar-refractivity contribution is 6.21. The van der Waals surface area contributed by atoms with Gasteiger partial charge in [-0.05, 0) is 19.1 Å². The predicted octanol–water partition coefficient (Wildman–Crippen LogP) is 1.56. The van der Waals surface area contributed by atoms with Gasteiger partial charge in [0.2, 0.25) is 0 Å². The number of aryl methyl sites for hydroxylation is 1. The zero-order valence-electron chi connectivity index (χ0n) is 14.2. The van der Waals surface area contributed by atoms with Gasteiger partial charge in [0.05, 0.1) is 12.2 Å². The molecule has 0 spiro atoms. The first-order valence-electron chi connectivity index (χ1n) is 8.61. The summed E-state index contributed by atoms with van der Waals surface area (Å²) in [6.07, 6.45) is 3.77. The number of urea groups is 1. The van der Waals surface area contributed by atoms with Gasteiger partial charge in [-0.2, -0.15) is 0 Å². The molecule has 7 heteroatoms. The summed E-state index contributed by atoms with van der Waals surface area (Å²) in [5, 5.41) is 0. The minimum atomic E-state index is -0.411. The highest BCUT2D eigenvalue weighted by Gasteiger charge is 2.48. The monoisotopic (exact) mass is 339 g/mol. The average Bonchev–Trinajstić information content (AvgIpc) is 3.18. The van der Waals surface area contributed by atoms with Crippen LogP contribution in [0.25, 0.3) is 0 Å². The van der Waals surface area contributed by atoms with E-state index in [1.165, 1.54) is 4.90 Å². The fourth-order valence-corrected chi connectivity index (χ4v) is 3.59. The van der Waals surface area contributed by atoms with E-state index in [0.717, 1.165) is 18.9 Å². The van der Waals surface area contributed by atoms with Gasteiger partial charge in [0.1, 0.15) is 11.9 Å². The molecule has 25 heavy (non-hydrogen) atoms. The highest BCUT2D eigenvalue weighted by atomic mass is 16.2. The summed E-state index contributed by atoms with van der Waals surface area (Å²) in [6, 6.07) is 8.52. The maximum absolute atomic E-state index is 12.8. The molecule has 2 fully saturated rings. The Hall–Kier alpha value is -2.67. The van der Waals surface area contributed by atoms with Crippen LogP contribution in [0.5, 0.6) is 0 Å². The topological polar surface area (TPSA) is 61.7 Å². The number of anilines is 1. The molecule has 7 nitrogen and oxygen atoms in total. The molecular formula is C18H21N5O2. The van der Waals surface area contributed by atoms with Crippen molar-refractivity contribution in [3.05, 3.63) is 48.5 Å². The number of para-hydroxylation sites is 1. The van der Waals surface area contributed by atoms with Crippen LogP contribution in [-0.2, 0) is 17.9 Å². The molecule has 0 bridgehead atoms. The Labute approximate surface area is 146 Å². The lowest BCUT2D eigenvalue weighted by atomic mass is 10.2.